The molecule has 2 aromatic rings. The van der Waals surface area contributed by atoms with Gasteiger partial charge in [-0.3, -0.25) is 9.59 Å². The van der Waals surface area contributed by atoms with Gasteiger partial charge in [0.2, 0.25) is 5.91 Å². The van der Waals surface area contributed by atoms with Gasteiger partial charge >= 0.3 is 6.09 Å². The molecule has 0 spiro atoms. The van der Waals surface area contributed by atoms with Crippen LogP contribution in [-0.2, 0) is 19.1 Å². The summed E-state index contributed by atoms with van der Waals surface area (Å²) in [4.78, 5) is 38.9. The minimum Gasteiger partial charge on any atom is -0.449 e. The molecule has 168 valence electrons. The Morgan fingerprint density at radius 1 is 1.09 bits per heavy atom. The van der Waals surface area contributed by atoms with Crippen molar-refractivity contribution in [3.63, 3.8) is 0 Å². The van der Waals surface area contributed by atoms with E-state index in [1.807, 2.05) is 36.4 Å². The van der Waals surface area contributed by atoms with Gasteiger partial charge in [0.25, 0.3) is 0 Å². The molecule has 1 aliphatic heterocycles. The minimum atomic E-state index is -0.938. The predicted molar refractivity (Wildman–Crippen MR) is 119 cm³/mol. The van der Waals surface area contributed by atoms with E-state index >= 15 is 0 Å². The van der Waals surface area contributed by atoms with E-state index in [1.54, 1.807) is 11.8 Å². The lowest BCUT2D eigenvalue weighted by atomic mass is 9.98. The molecule has 32 heavy (non-hydrogen) atoms. The third-order valence-electron chi connectivity index (χ3n) is 6.17. The molecule has 2 aliphatic rings. The zero-order valence-electron chi connectivity index (χ0n) is 18.4. The molecular formula is C25H28N2O5. The van der Waals surface area contributed by atoms with Crippen LogP contribution in [-0.4, -0.2) is 54.7 Å². The third kappa shape index (κ3) is 4.53. The Morgan fingerprint density at radius 3 is 2.31 bits per heavy atom. The number of nitrogens with zero attached hydrogens (tertiary/aromatic N) is 1. The number of nitrogens with one attached hydrogen (secondary N) is 1. The molecule has 2 aromatic carbocycles. The van der Waals surface area contributed by atoms with Crippen LogP contribution in [0.5, 0.6) is 0 Å². The Kier molecular flexibility index (Phi) is 6.55. The smallest absolute Gasteiger partial charge is 0.407 e. The van der Waals surface area contributed by atoms with Crippen molar-refractivity contribution in [1.29, 1.82) is 0 Å². The summed E-state index contributed by atoms with van der Waals surface area (Å²) in [5.41, 5.74) is 4.50. The topological polar surface area (TPSA) is 84.9 Å². The van der Waals surface area contributed by atoms with Crippen molar-refractivity contribution in [3.8, 4) is 11.1 Å². The number of ether oxygens (including phenoxy) is 2. The van der Waals surface area contributed by atoms with Gasteiger partial charge in [-0.05, 0) is 42.5 Å². The van der Waals surface area contributed by atoms with Crippen LogP contribution in [0.3, 0.4) is 0 Å². The molecule has 0 saturated carbocycles. The fourth-order valence-corrected chi connectivity index (χ4v) is 4.46. The van der Waals surface area contributed by atoms with Gasteiger partial charge in [0.1, 0.15) is 12.8 Å². The van der Waals surface area contributed by atoms with Gasteiger partial charge in [0, 0.05) is 12.5 Å². The first-order valence-corrected chi connectivity index (χ1v) is 11.0. The molecule has 1 heterocycles. The van der Waals surface area contributed by atoms with Crippen LogP contribution >= 0.6 is 0 Å². The molecule has 4 rings (SSSR count). The van der Waals surface area contributed by atoms with Gasteiger partial charge in [-0.25, -0.2) is 4.79 Å². The second kappa shape index (κ2) is 9.53. The van der Waals surface area contributed by atoms with Crippen LogP contribution in [0, 0.1) is 0 Å². The molecule has 2 unspecified atom stereocenters. The minimum absolute atomic E-state index is 0.0723. The second-order valence-electron chi connectivity index (χ2n) is 8.25. The number of alkyl carbamates (subject to hydrolysis) is 1. The van der Waals surface area contributed by atoms with Gasteiger partial charge in [0.15, 0.2) is 5.78 Å². The van der Waals surface area contributed by atoms with Crippen molar-refractivity contribution in [2.24, 2.45) is 0 Å². The first-order chi connectivity index (χ1) is 15.5. The standard InChI is InChI=1S/C25H28N2O5/c1-16(28)23(14-24(29)27-12-7-13-31-17(27)2)26-25(30)32-15-22-20-10-5-3-8-18(20)19-9-4-6-11-21(19)22/h3-6,8-11,17,22-23H,7,12-15H2,1-2H3,(H,26,30). The fraction of sp³-hybridized carbons (Fsp3) is 0.400. The van der Waals surface area contributed by atoms with Gasteiger partial charge in [-0.2, -0.15) is 0 Å². The Labute approximate surface area is 187 Å². The first kappa shape index (κ1) is 22.0. The van der Waals surface area contributed by atoms with Gasteiger partial charge < -0.3 is 19.7 Å². The Hall–Kier alpha value is -3.19. The van der Waals surface area contributed by atoms with Gasteiger partial charge in [-0.15, -0.1) is 0 Å². The van der Waals surface area contributed by atoms with Crippen molar-refractivity contribution in [2.75, 3.05) is 19.8 Å². The first-order valence-electron chi connectivity index (χ1n) is 11.0. The summed E-state index contributed by atoms with van der Waals surface area (Å²) in [6.07, 6.45) is -0.408. The van der Waals surface area contributed by atoms with Crippen LogP contribution in [0.1, 0.15) is 43.7 Å². The molecular weight excluding hydrogens is 408 g/mol. The summed E-state index contributed by atoms with van der Waals surface area (Å²) in [5, 5.41) is 2.57. The number of carbonyl (C=O) groups excluding carboxylic acids is 3. The highest BCUT2D eigenvalue weighted by Crippen LogP contribution is 2.44. The van der Waals surface area contributed by atoms with E-state index in [4.69, 9.17) is 9.47 Å². The number of benzene rings is 2. The van der Waals surface area contributed by atoms with Crippen LogP contribution < -0.4 is 5.32 Å². The Balaban J connectivity index is 1.38. The van der Waals surface area contributed by atoms with E-state index in [0.29, 0.717) is 13.2 Å². The van der Waals surface area contributed by atoms with Crippen molar-refractivity contribution >= 4 is 17.8 Å². The molecule has 1 fully saturated rings. The monoisotopic (exact) mass is 436 g/mol. The summed E-state index contributed by atoms with van der Waals surface area (Å²) in [6.45, 7) is 4.50. The zero-order valence-corrected chi connectivity index (χ0v) is 18.4. The number of fused-ring (bicyclic) bond motifs is 3. The predicted octanol–water partition coefficient (Wildman–Crippen LogP) is 3.47. The number of amides is 2. The van der Waals surface area contributed by atoms with Crippen LogP contribution in [0.2, 0.25) is 0 Å². The highest BCUT2D eigenvalue weighted by Gasteiger charge is 2.31. The van der Waals surface area contributed by atoms with Crippen LogP contribution in [0.15, 0.2) is 48.5 Å². The van der Waals surface area contributed by atoms with E-state index < -0.39 is 12.1 Å². The quantitative estimate of drug-likeness (QED) is 0.750. The molecule has 1 aliphatic carbocycles. The van der Waals surface area contributed by atoms with Crippen LogP contribution in [0.4, 0.5) is 4.79 Å². The van der Waals surface area contributed by atoms with Crippen molar-refractivity contribution in [3.05, 3.63) is 59.7 Å². The molecule has 7 nitrogen and oxygen atoms in total. The van der Waals surface area contributed by atoms with Crippen molar-refractivity contribution in [1.82, 2.24) is 10.2 Å². The molecule has 1 saturated heterocycles. The summed E-state index contributed by atoms with van der Waals surface area (Å²) < 4.78 is 11.0. The maximum Gasteiger partial charge on any atom is 0.407 e. The molecule has 7 heteroatoms. The SMILES string of the molecule is CC(=O)C(CC(=O)N1CCCOC1C)NC(=O)OCC1c2ccccc2-c2ccccc21. The Morgan fingerprint density at radius 2 is 1.72 bits per heavy atom. The molecule has 2 atom stereocenters. The molecule has 0 bridgehead atoms. The summed E-state index contributed by atoms with van der Waals surface area (Å²) in [5.74, 6) is -0.592. The van der Waals surface area contributed by atoms with E-state index in [2.05, 4.69) is 17.4 Å². The normalized spacial score (nSPS) is 18.4. The largest absolute Gasteiger partial charge is 0.449 e. The Bertz CT molecular complexity index is 975. The van der Waals surface area contributed by atoms with E-state index in [9.17, 15) is 14.4 Å². The number of Topliss-reactive ketones (excluding diaryl/α,β-unsaturated/α-hetero) is 1. The van der Waals surface area contributed by atoms with E-state index in [1.165, 1.54) is 6.92 Å². The molecule has 2 amide bonds. The molecule has 0 radical (unpaired) electrons. The summed E-state index contributed by atoms with van der Waals surface area (Å²) in [7, 11) is 0. The van der Waals surface area contributed by atoms with Gasteiger partial charge in [-0.1, -0.05) is 48.5 Å². The van der Waals surface area contributed by atoms with E-state index in [0.717, 1.165) is 28.7 Å². The number of hydrogen-bond acceptors (Lipinski definition) is 5. The molecule has 1 N–H and O–H groups in total. The average Bonchev–Trinajstić information content (AvgIpc) is 3.11. The summed E-state index contributed by atoms with van der Waals surface area (Å²) in [6, 6.07) is 15.2. The molecule has 0 aromatic heterocycles. The lowest BCUT2D eigenvalue weighted by Gasteiger charge is -2.34. The number of ketones is 1. The average molecular weight is 437 g/mol. The fourth-order valence-electron chi connectivity index (χ4n) is 4.46. The van der Waals surface area contributed by atoms with E-state index in [-0.39, 0.29) is 36.9 Å². The second-order valence-corrected chi connectivity index (χ2v) is 8.25. The van der Waals surface area contributed by atoms with Crippen molar-refractivity contribution in [2.45, 2.75) is 44.9 Å². The lowest BCUT2D eigenvalue weighted by Crippen LogP contribution is -2.49. The number of carbonyl (C=O) groups is 3. The highest BCUT2D eigenvalue weighted by molar-refractivity contribution is 5.91. The van der Waals surface area contributed by atoms with Crippen molar-refractivity contribution < 1.29 is 23.9 Å². The lowest BCUT2D eigenvalue weighted by molar-refractivity contribution is -0.153. The maximum atomic E-state index is 12.6. The summed E-state index contributed by atoms with van der Waals surface area (Å²) >= 11 is 0. The third-order valence-corrected chi connectivity index (χ3v) is 6.17. The number of hydrogen-bond donors (Lipinski definition) is 1. The van der Waals surface area contributed by atoms with Gasteiger partial charge in [0.05, 0.1) is 19.1 Å². The van der Waals surface area contributed by atoms with Crippen LogP contribution in [0.25, 0.3) is 11.1 Å². The zero-order chi connectivity index (χ0) is 22.7. The highest BCUT2D eigenvalue weighted by atomic mass is 16.5. The maximum absolute atomic E-state index is 12.6. The number of rotatable bonds is 6.